The number of carboxylic acids is 1. The highest BCUT2D eigenvalue weighted by molar-refractivity contribution is 5.93. The summed E-state index contributed by atoms with van der Waals surface area (Å²) in [5, 5.41) is 24.4. The molecule has 1 aliphatic heterocycles. The van der Waals surface area contributed by atoms with Gasteiger partial charge in [-0.25, -0.2) is 4.79 Å². The summed E-state index contributed by atoms with van der Waals surface area (Å²) >= 11 is 0. The first-order valence-corrected chi connectivity index (χ1v) is 11.1. The van der Waals surface area contributed by atoms with Crippen LogP contribution in [0.1, 0.15) is 46.4 Å². The van der Waals surface area contributed by atoms with E-state index in [0.717, 1.165) is 73.1 Å². The number of hydrogen-bond acceptors (Lipinski definition) is 5. The van der Waals surface area contributed by atoms with E-state index >= 15 is 0 Å². The molecule has 1 aromatic carbocycles. The van der Waals surface area contributed by atoms with E-state index in [0.29, 0.717) is 17.7 Å². The second-order valence-corrected chi connectivity index (χ2v) is 8.72. The molecule has 1 unspecified atom stereocenters. The zero-order chi connectivity index (χ0) is 22.4. The van der Waals surface area contributed by atoms with Crippen LogP contribution in [0.25, 0.3) is 22.2 Å². The Kier molecular flexibility index (Phi) is 6.52. The Morgan fingerprint density at radius 2 is 2.09 bits per heavy atom. The van der Waals surface area contributed by atoms with Crippen molar-refractivity contribution < 1.29 is 19.7 Å². The topological polar surface area (TPSA) is 117 Å². The number of pyridine rings is 1. The monoisotopic (exact) mass is 473 g/mol. The Hall–Kier alpha value is -2.81. The molecule has 1 atom stereocenters. The quantitative estimate of drug-likeness (QED) is 0.452. The summed E-state index contributed by atoms with van der Waals surface area (Å²) in [6, 6.07) is 6.31. The number of carbonyl (C=O) groups is 1. The highest BCUT2D eigenvalue weighted by atomic mass is 35.5. The average Bonchev–Trinajstić information content (AvgIpc) is 3.32. The number of halogens is 1. The van der Waals surface area contributed by atoms with Crippen LogP contribution in [-0.4, -0.2) is 45.0 Å². The van der Waals surface area contributed by atoms with Crippen molar-refractivity contribution in [2.75, 3.05) is 13.2 Å². The average molecular weight is 474 g/mol. The molecule has 8 nitrogen and oxygen atoms in total. The third-order valence-corrected chi connectivity index (χ3v) is 6.72. The van der Waals surface area contributed by atoms with Gasteiger partial charge in [0.25, 0.3) is 5.56 Å². The van der Waals surface area contributed by atoms with Gasteiger partial charge in [-0.2, -0.15) is 0 Å². The Bertz CT molecular complexity index is 1270. The summed E-state index contributed by atoms with van der Waals surface area (Å²) in [6.45, 7) is 2.41. The molecule has 0 bridgehead atoms. The number of benzene rings is 1. The molecular weight excluding hydrogens is 446 g/mol. The Labute approximate surface area is 197 Å². The predicted molar refractivity (Wildman–Crippen MR) is 128 cm³/mol. The summed E-state index contributed by atoms with van der Waals surface area (Å²) < 4.78 is 7.86. The number of rotatable bonds is 5. The lowest BCUT2D eigenvalue weighted by Crippen LogP contribution is -2.26. The maximum atomic E-state index is 12.4. The van der Waals surface area contributed by atoms with Gasteiger partial charge < -0.3 is 29.8 Å². The predicted octanol–water partition coefficient (Wildman–Crippen LogP) is 3.12. The van der Waals surface area contributed by atoms with Crippen molar-refractivity contribution in [1.29, 1.82) is 0 Å². The largest absolute Gasteiger partial charge is 0.506 e. The first kappa shape index (κ1) is 23.4. The standard InChI is InChI=1S/C24H27N3O5.ClH/c1-27-15(11-25-12-16-5-3-7-32-16)8-14-9-18-13(10-19(14)27)4-2-6-17-21(18)26-23(29)20(22(17)28)24(30)31;/h8-10,16,25H,2-7,11-12H2,1H3,(H,30,31)(H2,26,28,29);1H. The lowest BCUT2D eigenvalue weighted by atomic mass is 9.98. The molecule has 0 spiro atoms. The van der Waals surface area contributed by atoms with Crippen LogP contribution in [0.4, 0.5) is 0 Å². The van der Waals surface area contributed by atoms with E-state index in [1.54, 1.807) is 0 Å². The minimum atomic E-state index is -1.42. The maximum Gasteiger partial charge on any atom is 0.345 e. The van der Waals surface area contributed by atoms with Gasteiger partial charge in [0.15, 0.2) is 5.56 Å². The molecule has 1 saturated heterocycles. The highest BCUT2D eigenvalue weighted by Crippen LogP contribution is 2.38. The second kappa shape index (κ2) is 9.21. The number of nitrogens with one attached hydrogen (secondary N) is 2. The van der Waals surface area contributed by atoms with Crippen molar-refractivity contribution in [3.63, 3.8) is 0 Å². The third kappa shape index (κ3) is 4.14. The number of aromatic carboxylic acids is 1. The smallest absolute Gasteiger partial charge is 0.345 e. The summed E-state index contributed by atoms with van der Waals surface area (Å²) in [5.74, 6) is -1.84. The SMILES string of the molecule is Cl.Cn1c(CNCC2CCCO2)cc2cc3c(cc21)CCCc1c-3[nH]c(=O)c(C(=O)O)c1O. The van der Waals surface area contributed by atoms with Gasteiger partial charge in [0.1, 0.15) is 5.75 Å². The fraction of sp³-hybridized carbons (Fsp3) is 0.417. The molecule has 5 rings (SSSR count). The molecule has 2 aliphatic rings. The fourth-order valence-electron chi connectivity index (χ4n) is 5.02. The van der Waals surface area contributed by atoms with Crippen molar-refractivity contribution in [3.8, 4) is 17.0 Å². The van der Waals surface area contributed by atoms with E-state index in [4.69, 9.17) is 4.74 Å². The van der Waals surface area contributed by atoms with Gasteiger partial charge in [0.2, 0.25) is 0 Å². The van der Waals surface area contributed by atoms with E-state index in [9.17, 15) is 19.8 Å². The van der Waals surface area contributed by atoms with Gasteiger partial charge in [-0.3, -0.25) is 4.79 Å². The second-order valence-electron chi connectivity index (χ2n) is 8.72. The lowest BCUT2D eigenvalue weighted by molar-refractivity contribution is 0.0691. The minimum absolute atomic E-state index is 0. The van der Waals surface area contributed by atoms with Crippen LogP contribution in [0, 0.1) is 0 Å². The fourth-order valence-corrected chi connectivity index (χ4v) is 5.02. The van der Waals surface area contributed by atoms with Crippen molar-refractivity contribution >= 4 is 29.3 Å². The Balaban J connectivity index is 0.00000259. The van der Waals surface area contributed by atoms with Gasteiger partial charge in [-0.1, -0.05) is 0 Å². The van der Waals surface area contributed by atoms with Crippen LogP contribution in [-0.2, 0) is 31.2 Å². The summed E-state index contributed by atoms with van der Waals surface area (Å²) in [6.07, 6.45) is 4.55. The number of hydrogen-bond donors (Lipinski definition) is 4. The van der Waals surface area contributed by atoms with E-state index in [-0.39, 0.29) is 18.5 Å². The number of ether oxygens (including phenoxy) is 1. The molecule has 1 fully saturated rings. The van der Waals surface area contributed by atoms with Crippen LogP contribution in [0.5, 0.6) is 5.75 Å². The molecular formula is C24H28ClN3O5. The van der Waals surface area contributed by atoms with Crippen LogP contribution in [0.3, 0.4) is 0 Å². The third-order valence-electron chi connectivity index (χ3n) is 6.72. The van der Waals surface area contributed by atoms with E-state index in [2.05, 4.69) is 34.0 Å². The normalized spacial score (nSPS) is 17.3. The zero-order valence-electron chi connectivity index (χ0n) is 18.4. The number of nitrogens with zero attached hydrogens (tertiary/aromatic N) is 1. The van der Waals surface area contributed by atoms with Crippen molar-refractivity contribution in [2.45, 2.75) is 44.8 Å². The van der Waals surface area contributed by atoms with Crippen molar-refractivity contribution in [3.05, 3.63) is 50.9 Å². The van der Waals surface area contributed by atoms with Gasteiger partial charge in [-0.05, 0) is 55.9 Å². The molecule has 0 amide bonds. The molecule has 3 aromatic rings. The molecule has 176 valence electrons. The first-order chi connectivity index (χ1) is 15.4. The molecule has 3 heterocycles. The van der Waals surface area contributed by atoms with Gasteiger partial charge in [-0.15, -0.1) is 12.4 Å². The van der Waals surface area contributed by atoms with Gasteiger partial charge in [0.05, 0.1) is 11.8 Å². The molecule has 0 saturated carbocycles. The number of aryl methyl sites for hydroxylation is 2. The maximum absolute atomic E-state index is 12.4. The Morgan fingerprint density at radius 1 is 1.27 bits per heavy atom. The number of carboxylic acid groups (broad SMARTS) is 1. The van der Waals surface area contributed by atoms with Crippen LogP contribution in [0.2, 0.25) is 0 Å². The molecule has 9 heteroatoms. The number of fused-ring (bicyclic) bond motifs is 4. The Morgan fingerprint density at radius 3 is 2.82 bits per heavy atom. The van der Waals surface area contributed by atoms with Crippen LogP contribution >= 0.6 is 12.4 Å². The number of aromatic amines is 1. The number of H-pyrrole nitrogens is 1. The molecule has 4 N–H and O–H groups in total. The van der Waals surface area contributed by atoms with Crippen molar-refractivity contribution in [2.24, 2.45) is 7.05 Å². The van der Waals surface area contributed by atoms with Gasteiger partial charge >= 0.3 is 5.97 Å². The number of aromatic nitrogens is 2. The van der Waals surface area contributed by atoms with Crippen LogP contribution in [0.15, 0.2) is 23.0 Å². The molecule has 1 aliphatic carbocycles. The van der Waals surface area contributed by atoms with Crippen LogP contribution < -0.4 is 10.9 Å². The first-order valence-electron chi connectivity index (χ1n) is 11.1. The number of aromatic hydroxyl groups is 1. The van der Waals surface area contributed by atoms with E-state index in [1.807, 2.05) is 6.07 Å². The molecule has 33 heavy (non-hydrogen) atoms. The van der Waals surface area contributed by atoms with E-state index < -0.39 is 22.8 Å². The lowest BCUT2D eigenvalue weighted by Gasteiger charge is -2.13. The molecule has 0 radical (unpaired) electrons. The zero-order valence-corrected chi connectivity index (χ0v) is 19.3. The summed E-state index contributed by atoms with van der Waals surface area (Å²) in [7, 11) is 2.05. The van der Waals surface area contributed by atoms with Gasteiger partial charge in [0, 0.05) is 54.5 Å². The highest BCUT2D eigenvalue weighted by Gasteiger charge is 2.26. The van der Waals surface area contributed by atoms with E-state index in [1.165, 1.54) is 0 Å². The van der Waals surface area contributed by atoms with Crippen molar-refractivity contribution in [1.82, 2.24) is 14.9 Å². The summed E-state index contributed by atoms with van der Waals surface area (Å²) in [5.41, 5.74) is 3.82. The minimum Gasteiger partial charge on any atom is -0.506 e. The summed E-state index contributed by atoms with van der Waals surface area (Å²) in [4.78, 5) is 26.6. The molecule has 2 aromatic heterocycles.